The molecule has 42 heavy (non-hydrogen) atoms. The second kappa shape index (κ2) is 21.6. The molecule has 6 aromatic rings. The molecule has 0 aliphatic heterocycles. The normalized spacial score (nSPS) is 9.29. The zero-order valence-electron chi connectivity index (χ0n) is 23.8. The zero-order valence-corrected chi connectivity index (χ0v) is 31.9. The van der Waals surface area contributed by atoms with Crippen molar-refractivity contribution in [2.75, 3.05) is 0 Å². The molecule has 0 fully saturated rings. The Hall–Kier alpha value is -1.06. The van der Waals surface area contributed by atoms with Gasteiger partial charge in [0, 0.05) is 38.5 Å². The maximum absolute atomic E-state index is 3.38. The Labute approximate surface area is 296 Å². The number of hydrogen-bond acceptors (Lipinski definition) is 4. The lowest BCUT2D eigenvalue weighted by molar-refractivity contribution is 1.30. The summed E-state index contributed by atoms with van der Waals surface area (Å²) in [4.78, 5) is 5.44. The van der Waals surface area contributed by atoms with Crippen LogP contribution >= 0.6 is 93.1 Å². The molecular weight excluding hydrogens is 788 g/mol. The maximum Gasteiger partial charge on any atom is 0.0701 e. The molecule has 0 saturated carbocycles. The summed E-state index contributed by atoms with van der Waals surface area (Å²) in [6, 6.07) is 25.5. The number of aryl methyl sites for hydroxylation is 7. The van der Waals surface area contributed by atoms with Crippen molar-refractivity contribution in [2.45, 2.75) is 63.3 Å². The van der Waals surface area contributed by atoms with Crippen LogP contribution in [0, 0.1) is 48.5 Å². The van der Waals surface area contributed by atoms with E-state index in [1.165, 1.54) is 59.0 Å². The van der Waals surface area contributed by atoms with E-state index in [0.717, 1.165) is 0 Å². The summed E-state index contributed by atoms with van der Waals surface area (Å²) in [6.07, 6.45) is 0. The molecule has 0 aliphatic carbocycles. The highest BCUT2D eigenvalue weighted by Crippen LogP contribution is 2.24. The fourth-order valence-electron chi connectivity index (χ4n) is 3.19. The van der Waals surface area contributed by atoms with Gasteiger partial charge in [-0.15, -0.1) is 45.3 Å². The Bertz CT molecular complexity index is 1450. The number of rotatable bonds is 0. The lowest BCUT2D eigenvalue weighted by Crippen LogP contribution is -1.79. The average Bonchev–Trinajstić information content (AvgIpc) is 3.68. The smallest absolute Gasteiger partial charge is 0.0701 e. The molecule has 0 nitrogen and oxygen atoms in total. The number of thiophene rings is 4. The third kappa shape index (κ3) is 16.1. The summed E-state index contributed by atoms with van der Waals surface area (Å²) in [5.41, 5.74) is 4.11. The van der Waals surface area contributed by atoms with Gasteiger partial charge in [0.2, 0.25) is 0 Å². The molecule has 2 aromatic carbocycles. The minimum atomic E-state index is 0. The van der Waals surface area contributed by atoms with Gasteiger partial charge in [-0.25, -0.2) is 0 Å². The van der Waals surface area contributed by atoms with E-state index in [1.807, 2.05) is 11.3 Å². The predicted molar refractivity (Wildman–Crippen MR) is 211 cm³/mol. The summed E-state index contributed by atoms with van der Waals surface area (Å²) in [5.74, 6) is 0. The summed E-state index contributed by atoms with van der Waals surface area (Å²) in [6.45, 7) is 14.8. The molecule has 0 atom stereocenters. The second-order valence-corrected chi connectivity index (χ2v) is 17.0. The fraction of sp³-hybridized carbons (Fsp3) is 0.257. The van der Waals surface area contributed by atoms with Gasteiger partial charge in [0.05, 0.1) is 3.79 Å². The first-order chi connectivity index (χ1) is 18.9. The molecule has 4 heterocycles. The van der Waals surface area contributed by atoms with Crippen LogP contribution in [-0.2, 0) is 0 Å². The molecule has 6 rings (SSSR count). The minimum Gasteiger partial charge on any atom is -0.148 e. The van der Waals surface area contributed by atoms with Gasteiger partial charge >= 0.3 is 0 Å². The zero-order chi connectivity index (χ0) is 29.7. The van der Waals surface area contributed by atoms with Gasteiger partial charge in [0.25, 0.3) is 0 Å². The lowest BCUT2D eigenvalue weighted by atomic mass is 10.1. The Morgan fingerprint density at radius 1 is 0.571 bits per heavy atom. The highest BCUT2D eigenvalue weighted by Gasteiger charge is 1.94. The topological polar surface area (TPSA) is 0 Å². The van der Waals surface area contributed by atoms with Crippen LogP contribution in [0.4, 0.5) is 0 Å². The fourth-order valence-corrected chi connectivity index (χ4v) is 8.11. The number of fused-ring (bicyclic) bond motifs is 1. The highest BCUT2D eigenvalue weighted by molar-refractivity contribution is 9.11. The van der Waals surface area contributed by atoms with Crippen molar-refractivity contribution in [3.05, 3.63) is 132 Å². The van der Waals surface area contributed by atoms with Crippen molar-refractivity contribution in [1.82, 2.24) is 0 Å². The van der Waals surface area contributed by atoms with Crippen LogP contribution in [0.15, 0.2) is 96.3 Å². The van der Waals surface area contributed by atoms with Gasteiger partial charge in [0.15, 0.2) is 0 Å². The predicted octanol–water partition coefficient (Wildman–Crippen LogP) is 15.6. The largest absolute Gasteiger partial charge is 0.148 e. The van der Waals surface area contributed by atoms with E-state index in [1.54, 1.807) is 34.0 Å². The van der Waals surface area contributed by atoms with E-state index in [2.05, 4.69) is 180 Å². The SMILES string of the molecule is C.C.Cc1cc(Br)cs1.Cc1cc2ccccc2s1.Cc1ccc(Br)s1.Cc1ccc(C)c(C)c1.Cc1sccc1Br. The summed E-state index contributed by atoms with van der Waals surface area (Å²) in [5, 5.41) is 5.51. The average molecular weight is 832 g/mol. The summed E-state index contributed by atoms with van der Waals surface area (Å²) < 4.78 is 5.01. The summed E-state index contributed by atoms with van der Waals surface area (Å²) >= 11 is 17.2. The summed E-state index contributed by atoms with van der Waals surface area (Å²) in [7, 11) is 0. The van der Waals surface area contributed by atoms with Crippen molar-refractivity contribution < 1.29 is 0 Å². The van der Waals surface area contributed by atoms with Crippen molar-refractivity contribution in [2.24, 2.45) is 0 Å². The van der Waals surface area contributed by atoms with Gasteiger partial charge in [-0.3, -0.25) is 0 Å². The van der Waals surface area contributed by atoms with Gasteiger partial charge in [-0.05, 0) is 155 Å². The van der Waals surface area contributed by atoms with E-state index in [0.29, 0.717) is 0 Å². The molecule has 0 saturated heterocycles. The Morgan fingerprint density at radius 2 is 1.26 bits per heavy atom. The first kappa shape index (κ1) is 40.9. The van der Waals surface area contributed by atoms with Crippen LogP contribution < -0.4 is 0 Å². The van der Waals surface area contributed by atoms with Crippen LogP contribution in [0.25, 0.3) is 10.1 Å². The minimum absolute atomic E-state index is 0. The van der Waals surface area contributed by atoms with Crippen molar-refractivity contribution in [3.63, 3.8) is 0 Å². The van der Waals surface area contributed by atoms with Crippen molar-refractivity contribution in [3.8, 4) is 0 Å². The molecule has 4 aromatic heterocycles. The van der Waals surface area contributed by atoms with Gasteiger partial charge in [-0.1, -0.05) is 56.8 Å². The second-order valence-electron chi connectivity index (χ2n) is 9.03. The third-order valence-electron chi connectivity index (χ3n) is 5.41. The van der Waals surface area contributed by atoms with Gasteiger partial charge < -0.3 is 0 Å². The molecule has 0 amide bonds. The van der Waals surface area contributed by atoms with Crippen LogP contribution in [0.2, 0.25) is 0 Å². The quantitative estimate of drug-likeness (QED) is 0.143. The van der Waals surface area contributed by atoms with Crippen molar-refractivity contribution in [1.29, 1.82) is 0 Å². The first-order valence-electron chi connectivity index (χ1n) is 12.6. The Balaban J connectivity index is 0.000000499. The van der Waals surface area contributed by atoms with E-state index >= 15 is 0 Å². The van der Waals surface area contributed by atoms with E-state index in [-0.39, 0.29) is 14.9 Å². The van der Waals surface area contributed by atoms with Gasteiger partial charge in [0.1, 0.15) is 0 Å². The van der Waals surface area contributed by atoms with E-state index in [4.69, 9.17) is 0 Å². The van der Waals surface area contributed by atoms with E-state index < -0.39 is 0 Å². The Morgan fingerprint density at radius 3 is 1.62 bits per heavy atom. The van der Waals surface area contributed by atoms with E-state index in [9.17, 15) is 0 Å². The number of halogens is 3. The first-order valence-corrected chi connectivity index (χ1v) is 18.3. The molecule has 7 heteroatoms. The molecule has 228 valence electrons. The van der Waals surface area contributed by atoms with Gasteiger partial charge in [-0.2, -0.15) is 0 Å². The molecule has 0 radical (unpaired) electrons. The Kier molecular flexibility index (Phi) is 21.1. The third-order valence-corrected chi connectivity index (χ3v) is 11.6. The van der Waals surface area contributed by atoms with Crippen LogP contribution in [0.5, 0.6) is 0 Å². The number of hydrogen-bond donors (Lipinski definition) is 0. The van der Waals surface area contributed by atoms with Crippen LogP contribution in [0.1, 0.15) is 51.1 Å². The number of benzene rings is 2. The maximum atomic E-state index is 3.38. The molecule has 0 bridgehead atoms. The molecule has 0 spiro atoms. The van der Waals surface area contributed by atoms with Crippen LogP contribution in [-0.4, -0.2) is 0 Å². The molecule has 0 unspecified atom stereocenters. The molecular formula is C35H43Br3S4. The van der Waals surface area contributed by atoms with Crippen molar-refractivity contribution >= 4 is 103 Å². The molecule has 0 N–H and O–H groups in total. The lowest BCUT2D eigenvalue weighted by Gasteiger charge is -1.98. The highest BCUT2D eigenvalue weighted by atomic mass is 79.9. The monoisotopic (exact) mass is 828 g/mol. The van der Waals surface area contributed by atoms with Crippen LogP contribution in [0.3, 0.4) is 0 Å². The standard InChI is InChI=1S/C9H8S.C9H12.3C5H5BrS.2CH4/c1-7-6-8-4-2-3-5-9(8)10-7;1-7-4-5-8(2)9(3)6-7;1-4-2-5(6)3-7-4;1-4-5(6)2-3-7-4;1-4-2-3-5(6)7-4;;/h2-6H,1H3;4-6H,1-3H3;3*2-3H,1H3;2*1H4. The molecule has 0 aliphatic rings.